The lowest BCUT2D eigenvalue weighted by Gasteiger charge is -2.21. The van der Waals surface area contributed by atoms with E-state index in [2.05, 4.69) is 12.1 Å². The molecule has 1 fully saturated rings. The Morgan fingerprint density at radius 2 is 1.96 bits per heavy atom. The van der Waals surface area contributed by atoms with Crippen LogP contribution in [0.2, 0.25) is 0 Å². The number of benzene rings is 2. The van der Waals surface area contributed by atoms with Crippen molar-refractivity contribution in [3.05, 3.63) is 52.6 Å². The Morgan fingerprint density at radius 1 is 1.22 bits per heavy atom. The summed E-state index contributed by atoms with van der Waals surface area (Å²) in [7, 11) is 1.85. The smallest absolute Gasteiger partial charge is 0.123 e. The van der Waals surface area contributed by atoms with Crippen LogP contribution >= 0.6 is 0 Å². The number of hydrogen-bond donors (Lipinski definition) is 2. The number of aromatic hydroxyl groups is 1. The monoisotopic (exact) mass is 312 g/mol. The molecule has 122 valence electrons. The van der Waals surface area contributed by atoms with E-state index < -0.39 is 0 Å². The number of nitrogens with zero attached hydrogens (tertiary/aromatic N) is 1. The van der Waals surface area contributed by atoms with E-state index in [0.29, 0.717) is 18.3 Å². The topological polar surface area (TPSA) is 58.7 Å². The molecule has 0 aliphatic heterocycles. The summed E-state index contributed by atoms with van der Waals surface area (Å²) in [6.45, 7) is 4.30. The van der Waals surface area contributed by atoms with Gasteiger partial charge in [0.05, 0.1) is 5.69 Å². The fourth-order valence-corrected chi connectivity index (χ4v) is 2.94. The molecule has 4 nitrogen and oxygen atoms in total. The van der Waals surface area contributed by atoms with E-state index in [4.69, 9.17) is 10.6 Å². The molecule has 3 N–H and O–H groups in total. The van der Waals surface area contributed by atoms with Gasteiger partial charge in [0, 0.05) is 12.6 Å². The van der Waals surface area contributed by atoms with Crippen LogP contribution in [0.4, 0.5) is 5.69 Å². The van der Waals surface area contributed by atoms with Gasteiger partial charge in [-0.3, -0.25) is 0 Å². The molecule has 3 rings (SSSR count). The molecule has 0 saturated heterocycles. The number of ether oxygens (including phenoxy) is 1. The summed E-state index contributed by atoms with van der Waals surface area (Å²) in [4.78, 5) is 0. The van der Waals surface area contributed by atoms with Gasteiger partial charge in [0.2, 0.25) is 0 Å². The summed E-state index contributed by atoms with van der Waals surface area (Å²) >= 11 is 0. The van der Waals surface area contributed by atoms with Crippen LogP contribution < -0.4 is 15.6 Å². The fourth-order valence-electron chi connectivity index (χ4n) is 2.94. The SMILES string of the molecule is Cc1cc(OCc2c(C3CC3)cccc2N(C)N)c(C)cc1O. The largest absolute Gasteiger partial charge is 0.508 e. The maximum Gasteiger partial charge on any atom is 0.123 e. The highest BCUT2D eigenvalue weighted by Crippen LogP contribution is 2.43. The molecule has 0 aromatic heterocycles. The van der Waals surface area contributed by atoms with Gasteiger partial charge in [0.1, 0.15) is 18.1 Å². The molecule has 1 aliphatic carbocycles. The first-order chi connectivity index (χ1) is 11.0. The van der Waals surface area contributed by atoms with Gasteiger partial charge in [0.25, 0.3) is 0 Å². The summed E-state index contributed by atoms with van der Waals surface area (Å²) in [6, 6.07) is 9.90. The quantitative estimate of drug-likeness (QED) is 0.651. The first-order valence-electron chi connectivity index (χ1n) is 8.00. The van der Waals surface area contributed by atoms with Crippen LogP contribution in [-0.4, -0.2) is 12.2 Å². The van der Waals surface area contributed by atoms with E-state index in [0.717, 1.165) is 28.1 Å². The number of hydrogen-bond acceptors (Lipinski definition) is 4. The standard InChI is InChI=1S/C19H24N2O2/c1-12-10-19(13(2)9-18(12)22)23-11-16-15(14-7-8-14)5-4-6-17(16)21(3)20/h4-6,9-10,14,22H,7-8,11,20H2,1-3H3. The minimum atomic E-state index is 0.301. The molecule has 2 aromatic rings. The number of hydrazine groups is 1. The first-order valence-corrected chi connectivity index (χ1v) is 8.00. The summed E-state index contributed by atoms with van der Waals surface area (Å²) in [5.74, 6) is 7.73. The van der Waals surface area contributed by atoms with Crippen molar-refractivity contribution in [1.29, 1.82) is 0 Å². The molecule has 0 atom stereocenters. The highest BCUT2D eigenvalue weighted by molar-refractivity contribution is 5.57. The van der Waals surface area contributed by atoms with Crippen LogP contribution in [0.1, 0.15) is 41.0 Å². The van der Waals surface area contributed by atoms with Crippen molar-refractivity contribution < 1.29 is 9.84 Å². The van der Waals surface area contributed by atoms with E-state index in [1.165, 1.54) is 18.4 Å². The van der Waals surface area contributed by atoms with Gasteiger partial charge in [-0.1, -0.05) is 12.1 Å². The van der Waals surface area contributed by atoms with Gasteiger partial charge < -0.3 is 14.9 Å². The third-order valence-electron chi connectivity index (χ3n) is 4.45. The predicted molar refractivity (Wildman–Crippen MR) is 92.9 cm³/mol. The fraction of sp³-hybridized carbons (Fsp3) is 0.368. The molecule has 1 saturated carbocycles. The third-order valence-corrected chi connectivity index (χ3v) is 4.45. The molecule has 0 heterocycles. The van der Waals surface area contributed by atoms with Crippen molar-refractivity contribution in [2.24, 2.45) is 5.84 Å². The molecule has 0 spiro atoms. The predicted octanol–water partition coefficient (Wildman–Crippen LogP) is 3.78. The van der Waals surface area contributed by atoms with Gasteiger partial charge in [-0.15, -0.1) is 0 Å². The van der Waals surface area contributed by atoms with Gasteiger partial charge in [0.15, 0.2) is 0 Å². The lowest BCUT2D eigenvalue weighted by Crippen LogP contribution is -2.27. The number of rotatable bonds is 5. The lowest BCUT2D eigenvalue weighted by molar-refractivity contribution is 0.302. The van der Waals surface area contributed by atoms with Crippen LogP contribution in [-0.2, 0) is 6.61 Å². The molecule has 0 unspecified atom stereocenters. The maximum atomic E-state index is 9.77. The molecule has 0 bridgehead atoms. The number of aryl methyl sites for hydroxylation is 2. The second-order valence-corrected chi connectivity index (χ2v) is 6.42. The van der Waals surface area contributed by atoms with Crippen molar-refractivity contribution in [2.45, 2.75) is 39.2 Å². The summed E-state index contributed by atoms with van der Waals surface area (Å²) in [6.07, 6.45) is 2.48. The van der Waals surface area contributed by atoms with Gasteiger partial charge in [-0.25, -0.2) is 5.84 Å². The Morgan fingerprint density at radius 3 is 2.61 bits per heavy atom. The lowest BCUT2D eigenvalue weighted by atomic mass is 10.0. The molecule has 4 heteroatoms. The van der Waals surface area contributed by atoms with Gasteiger partial charge in [-0.05, 0) is 67.5 Å². The molecule has 2 aromatic carbocycles. The normalized spacial score (nSPS) is 13.9. The highest BCUT2D eigenvalue weighted by atomic mass is 16.5. The van der Waals surface area contributed by atoms with Crippen LogP contribution in [0, 0.1) is 13.8 Å². The van der Waals surface area contributed by atoms with E-state index in [1.54, 1.807) is 11.1 Å². The third kappa shape index (κ3) is 3.27. The molecule has 0 radical (unpaired) electrons. The Kier molecular flexibility index (Phi) is 4.18. The van der Waals surface area contributed by atoms with Crippen LogP contribution in [0.15, 0.2) is 30.3 Å². The zero-order chi connectivity index (χ0) is 16.6. The molecule has 0 amide bonds. The second-order valence-electron chi connectivity index (χ2n) is 6.42. The molecular formula is C19H24N2O2. The molecule has 1 aliphatic rings. The van der Waals surface area contributed by atoms with Crippen molar-refractivity contribution in [3.63, 3.8) is 0 Å². The summed E-state index contributed by atoms with van der Waals surface area (Å²) < 4.78 is 6.07. The van der Waals surface area contributed by atoms with Gasteiger partial charge >= 0.3 is 0 Å². The Hall–Kier alpha value is -2.20. The number of phenolic OH excluding ortho intramolecular Hbond substituents is 1. The highest BCUT2D eigenvalue weighted by Gasteiger charge is 2.27. The summed E-state index contributed by atoms with van der Waals surface area (Å²) in [5, 5.41) is 11.4. The van der Waals surface area contributed by atoms with Crippen molar-refractivity contribution >= 4 is 5.69 Å². The Labute approximate surface area is 137 Å². The molecule has 23 heavy (non-hydrogen) atoms. The van der Waals surface area contributed by atoms with E-state index in [9.17, 15) is 5.11 Å². The van der Waals surface area contributed by atoms with E-state index in [-0.39, 0.29) is 0 Å². The Bertz CT molecular complexity index is 701. The van der Waals surface area contributed by atoms with Crippen LogP contribution in [0.3, 0.4) is 0 Å². The number of anilines is 1. The Balaban J connectivity index is 1.89. The van der Waals surface area contributed by atoms with Crippen LogP contribution in [0.25, 0.3) is 0 Å². The second kappa shape index (κ2) is 6.13. The number of phenols is 1. The minimum absolute atomic E-state index is 0.301. The zero-order valence-corrected chi connectivity index (χ0v) is 14.0. The summed E-state index contributed by atoms with van der Waals surface area (Å²) in [5.41, 5.74) is 5.25. The van der Waals surface area contributed by atoms with Crippen molar-refractivity contribution in [1.82, 2.24) is 0 Å². The zero-order valence-electron chi connectivity index (χ0n) is 14.0. The number of nitrogens with two attached hydrogens (primary N) is 1. The van der Waals surface area contributed by atoms with Crippen molar-refractivity contribution in [3.8, 4) is 11.5 Å². The molecular weight excluding hydrogens is 288 g/mol. The first kappa shape index (κ1) is 15.7. The van der Waals surface area contributed by atoms with Crippen molar-refractivity contribution in [2.75, 3.05) is 12.1 Å². The maximum absolute atomic E-state index is 9.77. The average molecular weight is 312 g/mol. The van der Waals surface area contributed by atoms with E-state index in [1.807, 2.05) is 33.0 Å². The minimum Gasteiger partial charge on any atom is -0.508 e. The van der Waals surface area contributed by atoms with E-state index >= 15 is 0 Å². The average Bonchev–Trinajstić information content (AvgIpc) is 3.34. The van der Waals surface area contributed by atoms with Crippen LogP contribution in [0.5, 0.6) is 11.5 Å². The van der Waals surface area contributed by atoms with Gasteiger partial charge in [-0.2, -0.15) is 0 Å².